The van der Waals surface area contributed by atoms with E-state index in [-0.39, 0.29) is 11.9 Å². The fraction of sp³-hybridized carbons (Fsp3) is 0.625. The number of rotatable bonds is 3. The molecule has 0 heterocycles. The first kappa shape index (κ1) is 15.0. The van der Waals surface area contributed by atoms with E-state index in [4.69, 9.17) is 0 Å². The van der Waals surface area contributed by atoms with Crippen LogP contribution in [0.15, 0.2) is 22.7 Å². The first-order valence-electron chi connectivity index (χ1n) is 7.29. The largest absolute Gasteiger partial charge is 0.307 e. The van der Waals surface area contributed by atoms with Crippen molar-refractivity contribution in [2.75, 3.05) is 0 Å². The van der Waals surface area contributed by atoms with Gasteiger partial charge in [-0.25, -0.2) is 4.39 Å². The Morgan fingerprint density at radius 2 is 2.00 bits per heavy atom. The van der Waals surface area contributed by atoms with Gasteiger partial charge in [-0.2, -0.15) is 0 Å². The normalized spacial score (nSPS) is 25.9. The fourth-order valence-electron chi connectivity index (χ4n) is 3.00. The molecule has 1 aliphatic rings. The molecule has 3 heteroatoms. The van der Waals surface area contributed by atoms with Crippen LogP contribution >= 0.6 is 15.9 Å². The summed E-state index contributed by atoms with van der Waals surface area (Å²) in [6.07, 6.45) is 6.45. The Kier molecular flexibility index (Phi) is 5.40. The van der Waals surface area contributed by atoms with Crippen LogP contribution in [0.2, 0.25) is 0 Å². The highest BCUT2D eigenvalue weighted by atomic mass is 79.9. The summed E-state index contributed by atoms with van der Waals surface area (Å²) in [5, 5.41) is 3.63. The summed E-state index contributed by atoms with van der Waals surface area (Å²) in [5.41, 5.74) is 0.755. The SMILES string of the molecule is CC(NC1CCCCCC1C)c1cc(Br)ccc1F. The predicted molar refractivity (Wildman–Crippen MR) is 81.7 cm³/mol. The van der Waals surface area contributed by atoms with Crippen molar-refractivity contribution in [3.05, 3.63) is 34.1 Å². The van der Waals surface area contributed by atoms with Crippen molar-refractivity contribution in [3.63, 3.8) is 0 Å². The summed E-state index contributed by atoms with van der Waals surface area (Å²) in [7, 11) is 0. The minimum atomic E-state index is -0.121. The maximum absolute atomic E-state index is 13.9. The van der Waals surface area contributed by atoms with Crippen LogP contribution in [0.3, 0.4) is 0 Å². The predicted octanol–water partition coefficient (Wildman–Crippen LogP) is 5.21. The lowest BCUT2D eigenvalue weighted by Gasteiger charge is -2.27. The van der Waals surface area contributed by atoms with E-state index in [1.165, 1.54) is 38.2 Å². The van der Waals surface area contributed by atoms with Crippen molar-refractivity contribution < 1.29 is 4.39 Å². The Bertz CT molecular complexity index is 421. The van der Waals surface area contributed by atoms with Gasteiger partial charge in [0, 0.05) is 22.1 Å². The van der Waals surface area contributed by atoms with Gasteiger partial charge in [-0.3, -0.25) is 0 Å². The summed E-state index contributed by atoms with van der Waals surface area (Å²) in [6.45, 7) is 4.37. The van der Waals surface area contributed by atoms with E-state index in [1.54, 1.807) is 6.07 Å². The summed E-state index contributed by atoms with van der Waals surface area (Å²) >= 11 is 3.42. The van der Waals surface area contributed by atoms with Crippen molar-refractivity contribution in [1.82, 2.24) is 5.32 Å². The molecule has 0 saturated heterocycles. The zero-order valence-corrected chi connectivity index (χ0v) is 13.3. The van der Waals surface area contributed by atoms with Crippen LogP contribution in [0.4, 0.5) is 4.39 Å². The molecule has 1 nitrogen and oxygen atoms in total. The van der Waals surface area contributed by atoms with Gasteiger partial charge in [0.1, 0.15) is 5.82 Å². The summed E-state index contributed by atoms with van der Waals surface area (Å²) in [4.78, 5) is 0. The molecule has 1 saturated carbocycles. The molecule has 1 aromatic carbocycles. The van der Waals surface area contributed by atoms with Crippen LogP contribution in [-0.2, 0) is 0 Å². The summed E-state index contributed by atoms with van der Waals surface area (Å²) in [5.74, 6) is 0.560. The maximum atomic E-state index is 13.9. The first-order chi connectivity index (χ1) is 9.08. The maximum Gasteiger partial charge on any atom is 0.128 e. The molecule has 3 unspecified atom stereocenters. The number of hydrogen-bond acceptors (Lipinski definition) is 1. The molecular weight excluding hydrogens is 305 g/mol. The van der Waals surface area contributed by atoms with Crippen molar-refractivity contribution in [1.29, 1.82) is 0 Å². The second-order valence-electron chi connectivity index (χ2n) is 5.78. The number of halogens is 2. The minimum absolute atomic E-state index is 0.0584. The Labute approximate surface area is 124 Å². The van der Waals surface area contributed by atoms with E-state index in [9.17, 15) is 4.39 Å². The van der Waals surface area contributed by atoms with Crippen molar-refractivity contribution in [2.24, 2.45) is 5.92 Å². The highest BCUT2D eigenvalue weighted by molar-refractivity contribution is 9.10. The topological polar surface area (TPSA) is 12.0 Å². The third-order valence-electron chi connectivity index (χ3n) is 4.25. The molecule has 0 aliphatic heterocycles. The van der Waals surface area contributed by atoms with E-state index >= 15 is 0 Å². The molecule has 0 bridgehead atoms. The zero-order valence-electron chi connectivity index (χ0n) is 11.8. The van der Waals surface area contributed by atoms with Crippen molar-refractivity contribution in [3.8, 4) is 0 Å². The highest BCUT2D eigenvalue weighted by Crippen LogP contribution is 2.27. The lowest BCUT2D eigenvalue weighted by Crippen LogP contribution is -2.36. The van der Waals surface area contributed by atoms with Gasteiger partial charge < -0.3 is 5.32 Å². The molecule has 0 spiro atoms. The van der Waals surface area contributed by atoms with Gasteiger partial charge in [-0.05, 0) is 43.9 Å². The van der Waals surface area contributed by atoms with Gasteiger partial charge in [-0.1, -0.05) is 42.1 Å². The molecule has 1 aliphatic carbocycles. The Morgan fingerprint density at radius 1 is 1.26 bits per heavy atom. The monoisotopic (exact) mass is 327 g/mol. The van der Waals surface area contributed by atoms with Gasteiger partial charge in [0.05, 0.1) is 0 Å². The van der Waals surface area contributed by atoms with Crippen LogP contribution in [0.25, 0.3) is 0 Å². The van der Waals surface area contributed by atoms with Crippen molar-refractivity contribution in [2.45, 2.75) is 58.0 Å². The van der Waals surface area contributed by atoms with Crippen LogP contribution in [-0.4, -0.2) is 6.04 Å². The molecule has 3 atom stereocenters. The smallest absolute Gasteiger partial charge is 0.128 e. The molecule has 1 fully saturated rings. The zero-order chi connectivity index (χ0) is 13.8. The molecule has 0 radical (unpaired) electrons. The molecule has 106 valence electrons. The standard InChI is InChI=1S/C16H23BrFN/c1-11-6-4-3-5-7-16(11)19-12(2)14-10-13(17)8-9-15(14)18/h8-12,16,19H,3-7H2,1-2H3. The molecule has 0 amide bonds. The third-order valence-corrected chi connectivity index (χ3v) is 4.74. The molecule has 1 aromatic rings. The van der Waals surface area contributed by atoms with Crippen LogP contribution in [0, 0.1) is 11.7 Å². The van der Waals surface area contributed by atoms with E-state index in [0.717, 1.165) is 10.0 Å². The molecule has 1 N–H and O–H groups in total. The molecular formula is C16H23BrFN. The van der Waals surface area contributed by atoms with Crippen LogP contribution in [0.5, 0.6) is 0 Å². The Morgan fingerprint density at radius 3 is 2.79 bits per heavy atom. The van der Waals surface area contributed by atoms with Gasteiger partial charge in [0.2, 0.25) is 0 Å². The van der Waals surface area contributed by atoms with E-state index < -0.39 is 0 Å². The average Bonchev–Trinajstić information content (AvgIpc) is 2.58. The molecule has 0 aromatic heterocycles. The van der Waals surface area contributed by atoms with Gasteiger partial charge >= 0.3 is 0 Å². The fourth-order valence-corrected chi connectivity index (χ4v) is 3.38. The number of benzene rings is 1. The summed E-state index contributed by atoms with van der Waals surface area (Å²) < 4.78 is 14.8. The third kappa shape index (κ3) is 4.03. The second-order valence-corrected chi connectivity index (χ2v) is 6.69. The van der Waals surface area contributed by atoms with E-state index in [2.05, 4.69) is 35.1 Å². The van der Waals surface area contributed by atoms with Gasteiger partial charge in [-0.15, -0.1) is 0 Å². The van der Waals surface area contributed by atoms with Crippen LogP contribution < -0.4 is 5.32 Å². The first-order valence-corrected chi connectivity index (χ1v) is 8.08. The van der Waals surface area contributed by atoms with Gasteiger partial charge in [0.25, 0.3) is 0 Å². The number of hydrogen-bond donors (Lipinski definition) is 1. The van der Waals surface area contributed by atoms with E-state index in [1.807, 2.05) is 6.07 Å². The summed E-state index contributed by atoms with van der Waals surface area (Å²) in [6, 6.07) is 5.74. The number of nitrogens with one attached hydrogen (secondary N) is 1. The van der Waals surface area contributed by atoms with E-state index in [0.29, 0.717) is 12.0 Å². The second kappa shape index (κ2) is 6.85. The molecule has 19 heavy (non-hydrogen) atoms. The lowest BCUT2D eigenvalue weighted by molar-refractivity contribution is 0.327. The van der Waals surface area contributed by atoms with Crippen molar-refractivity contribution >= 4 is 15.9 Å². The quantitative estimate of drug-likeness (QED) is 0.751. The Hall–Kier alpha value is -0.410. The minimum Gasteiger partial charge on any atom is -0.307 e. The average molecular weight is 328 g/mol. The van der Waals surface area contributed by atoms with Gasteiger partial charge in [0.15, 0.2) is 0 Å². The highest BCUT2D eigenvalue weighted by Gasteiger charge is 2.22. The Balaban J connectivity index is 2.06. The lowest BCUT2D eigenvalue weighted by atomic mass is 9.95. The van der Waals surface area contributed by atoms with Crippen LogP contribution in [0.1, 0.15) is 57.6 Å². The molecule has 2 rings (SSSR count).